The number of nitrogens with zero attached hydrogens (tertiary/aromatic N) is 3. The summed E-state index contributed by atoms with van der Waals surface area (Å²) in [5.41, 5.74) is 5.62. The molecule has 0 spiro atoms. The van der Waals surface area contributed by atoms with Crippen LogP contribution < -0.4 is 5.43 Å². The Morgan fingerprint density at radius 3 is 2.50 bits per heavy atom. The number of fused-ring (bicyclic) bond motifs is 2. The number of nitrogens with one attached hydrogen (secondary N) is 1. The highest BCUT2D eigenvalue weighted by Crippen LogP contribution is 2.31. The van der Waals surface area contributed by atoms with E-state index in [2.05, 4.69) is 9.97 Å². The summed E-state index contributed by atoms with van der Waals surface area (Å²) < 4.78 is 0. The fourth-order valence-electron chi connectivity index (χ4n) is 3.40. The van der Waals surface area contributed by atoms with E-state index in [0.29, 0.717) is 16.9 Å². The van der Waals surface area contributed by atoms with Crippen molar-refractivity contribution in [3.8, 4) is 22.5 Å². The monoisotopic (exact) mass is 364 g/mol. The van der Waals surface area contributed by atoms with Gasteiger partial charge in [0, 0.05) is 34.5 Å². The number of pyridine rings is 2. The summed E-state index contributed by atoms with van der Waals surface area (Å²) in [6.45, 7) is 1.84. The molecule has 0 aliphatic carbocycles. The van der Waals surface area contributed by atoms with Crippen LogP contribution in [0.15, 0.2) is 77.7 Å². The maximum absolute atomic E-state index is 12.5. The van der Waals surface area contributed by atoms with E-state index in [0.717, 1.165) is 33.4 Å². The van der Waals surface area contributed by atoms with Gasteiger partial charge < -0.3 is 4.98 Å². The van der Waals surface area contributed by atoms with Crippen LogP contribution in [0, 0.1) is 6.92 Å². The van der Waals surface area contributed by atoms with Crippen LogP contribution in [0.2, 0.25) is 0 Å². The molecule has 0 aliphatic rings. The van der Waals surface area contributed by atoms with Crippen LogP contribution in [0.1, 0.15) is 5.69 Å². The number of aryl methyl sites for hydroxylation is 1. The van der Waals surface area contributed by atoms with Crippen molar-refractivity contribution in [2.75, 3.05) is 0 Å². The molecule has 0 fully saturated rings. The maximum Gasteiger partial charge on any atom is 0.209 e. The van der Waals surface area contributed by atoms with Gasteiger partial charge in [-0.2, -0.15) is 0 Å². The van der Waals surface area contributed by atoms with Gasteiger partial charge in [-0.1, -0.05) is 42.5 Å². The minimum Gasteiger partial charge on any atom is -0.342 e. The lowest BCUT2D eigenvalue weighted by atomic mass is 10.0. The summed E-state index contributed by atoms with van der Waals surface area (Å²) in [5, 5.41) is 1.01. The Morgan fingerprint density at radius 1 is 0.821 bits per heavy atom. The zero-order valence-corrected chi connectivity index (χ0v) is 15.2. The third-order valence-corrected chi connectivity index (χ3v) is 4.72. The van der Waals surface area contributed by atoms with Crippen molar-refractivity contribution in [1.29, 1.82) is 0 Å². The Balaban J connectivity index is 1.86. The topological polar surface area (TPSA) is 71.5 Å². The molecule has 0 atom stereocenters. The number of benzene rings is 2. The number of hydrogen-bond acceptors (Lipinski definition) is 4. The lowest BCUT2D eigenvalue weighted by Crippen LogP contribution is -2.08. The van der Waals surface area contributed by atoms with E-state index in [1.54, 1.807) is 12.3 Å². The number of H-pyrrole nitrogens is 1. The Bertz CT molecular complexity index is 1390. The second kappa shape index (κ2) is 6.39. The molecule has 0 aliphatic heterocycles. The van der Waals surface area contributed by atoms with Crippen LogP contribution in [0.25, 0.3) is 44.6 Å². The van der Waals surface area contributed by atoms with Crippen molar-refractivity contribution in [2.45, 2.75) is 6.92 Å². The SMILES string of the molecule is Cc1cc(=O)c2nc(-c3ccc4ncccc4c3)c(-c3ccccc3)nc2[nH]1. The van der Waals surface area contributed by atoms with Crippen LogP contribution in [0.5, 0.6) is 0 Å². The van der Waals surface area contributed by atoms with Gasteiger partial charge in [0.25, 0.3) is 0 Å². The van der Waals surface area contributed by atoms with Gasteiger partial charge >= 0.3 is 0 Å². The second-order valence-electron chi connectivity index (χ2n) is 6.71. The van der Waals surface area contributed by atoms with Crippen LogP contribution in [-0.2, 0) is 0 Å². The predicted octanol–water partition coefficient (Wildman–Crippen LogP) is 4.51. The first-order chi connectivity index (χ1) is 13.7. The molecule has 5 aromatic rings. The molecule has 0 amide bonds. The number of hydrogen-bond donors (Lipinski definition) is 1. The molecule has 2 aromatic carbocycles. The van der Waals surface area contributed by atoms with Crippen molar-refractivity contribution < 1.29 is 0 Å². The van der Waals surface area contributed by atoms with Gasteiger partial charge in [-0.05, 0) is 25.1 Å². The molecule has 0 saturated heterocycles. The number of rotatable bonds is 2. The first-order valence-electron chi connectivity index (χ1n) is 9.01. The Hall–Kier alpha value is -3.86. The van der Waals surface area contributed by atoms with Crippen molar-refractivity contribution in [3.05, 3.63) is 88.8 Å². The lowest BCUT2D eigenvalue weighted by molar-refractivity contribution is 1.16. The van der Waals surface area contributed by atoms with Crippen molar-refractivity contribution in [1.82, 2.24) is 19.9 Å². The molecule has 3 aromatic heterocycles. The van der Waals surface area contributed by atoms with E-state index in [-0.39, 0.29) is 5.43 Å². The van der Waals surface area contributed by atoms with E-state index in [1.807, 2.05) is 67.6 Å². The first kappa shape index (κ1) is 16.3. The first-order valence-corrected chi connectivity index (χ1v) is 9.01. The molecule has 5 heteroatoms. The molecule has 3 heterocycles. The molecular formula is C23H16N4O. The third kappa shape index (κ3) is 2.74. The fraction of sp³-hybridized carbons (Fsp3) is 0.0435. The van der Waals surface area contributed by atoms with Crippen LogP contribution >= 0.6 is 0 Å². The predicted molar refractivity (Wildman–Crippen MR) is 111 cm³/mol. The van der Waals surface area contributed by atoms with Crippen molar-refractivity contribution >= 4 is 22.1 Å². The van der Waals surface area contributed by atoms with Gasteiger partial charge in [-0.25, -0.2) is 9.97 Å². The van der Waals surface area contributed by atoms with Crippen LogP contribution in [0.4, 0.5) is 0 Å². The van der Waals surface area contributed by atoms with E-state index >= 15 is 0 Å². The second-order valence-corrected chi connectivity index (χ2v) is 6.71. The molecule has 0 radical (unpaired) electrons. The smallest absolute Gasteiger partial charge is 0.209 e. The molecular weight excluding hydrogens is 348 g/mol. The van der Waals surface area contributed by atoms with Crippen molar-refractivity contribution in [3.63, 3.8) is 0 Å². The van der Waals surface area contributed by atoms with Gasteiger partial charge in [0.1, 0.15) is 0 Å². The quantitative estimate of drug-likeness (QED) is 0.500. The summed E-state index contributed by atoms with van der Waals surface area (Å²) in [4.78, 5) is 29.6. The number of aromatic amines is 1. The third-order valence-electron chi connectivity index (χ3n) is 4.72. The highest BCUT2D eigenvalue weighted by Gasteiger charge is 2.15. The average molecular weight is 364 g/mol. The van der Waals surface area contributed by atoms with Gasteiger partial charge in [-0.3, -0.25) is 9.78 Å². The van der Waals surface area contributed by atoms with E-state index in [9.17, 15) is 4.79 Å². The Kier molecular flexibility index (Phi) is 3.72. The average Bonchev–Trinajstić information content (AvgIpc) is 2.73. The lowest BCUT2D eigenvalue weighted by Gasteiger charge is -2.11. The van der Waals surface area contributed by atoms with Gasteiger partial charge in [0.2, 0.25) is 5.43 Å². The molecule has 5 rings (SSSR count). The summed E-state index contributed by atoms with van der Waals surface area (Å²) >= 11 is 0. The van der Waals surface area contributed by atoms with Crippen LogP contribution in [0.3, 0.4) is 0 Å². The Labute approximate surface area is 160 Å². The number of aromatic nitrogens is 4. The zero-order chi connectivity index (χ0) is 19.1. The fourth-order valence-corrected chi connectivity index (χ4v) is 3.40. The molecule has 0 saturated carbocycles. The normalized spacial score (nSPS) is 11.2. The summed E-state index contributed by atoms with van der Waals surface area (Å²) in [7, 11) is 0. The minimum absolute atomic E-state index is 0.137. The standard InChI is InChI=1S/C23H16N4O/c1-14-12-19(28)22-23(25-14)27-20(15-6-3-2-4-7-15)21(26-22)17-9-10-18-16(13-17)8-5-11-24-18/h2-13H,1H3,(H,25,27,28). The molecule has 0 unspecified atom stereocenters. The Morgan fingerprint density at radius 2 is 1.64 bits per heavy atom. The molecule has 5 nitrogen and oxygen atoms in total. The van der Waals surface area contributed by atoms with E-state index in [1.165, 1.54) is 0 Å². The maximum atomic E-state index is 12.5. The van der Waals surface area contributed by atoms with Crippen molar-refractivity contribution in [2.24, 2.45) is 0 Å². The summed E-state index contributed by atoms with van der Waals surface area (Å²) in [5.74, 6) is 0. The largest absolute Gasteiger partial charge is 0.342 e. The minimum atomic E-state index is -0.137. The van der Waals surface area contributed by atoms with Gasteiger partial charge in [-0.15, -0.1) is 0 Å². The summed E-state index contributed by atoms with van der Waals surface area (Å²) in [6.07, 6.45) is 1.77. The highest BCUT2D eigenvalue weighted by molar-refractivity contribution is 5.89. The van der Waals surface area contributed by atoms with Gasteiger partial charge in [0.05, 0.1) is 16.9 Å². The molecule has 0 bridgehead atoms. The molecule has 1 N–H and O–H groups in total. The molecule has 134 valence electrons. The van der Waals surface area contributed by atoms with E-state index < -0.39 is 0 Å². The highest BCUT2D eigenvalue weighted by atomic mass is 16.1. The molecule has 28 heavy (non-hydrogen) atoms. The van der Waals surface area contributed by atoms with Crippen LogP contribution in [-0.4, -0.2) is 19.9 Å². The summed E-state index contributed by atoms with van der Waals surface area (Å²) in [6, 6.07) is 21.3. The zero-order valence-electron chi connectivity index (χ0n) is 15.2. The van der Waals surface area contributed by atoms with E-state index in [4.69, 9.17) is 9.97 Å². The van der Waals surface area contributed by atoms with Gasteiger partial charge in [0.15, 0.2) is 11.2 Å².